The van der Waals surface area contributed by atoms with Crippen LogP contribution in [0.5, 0.6) is 0 Å². The summed E-state index contributed by atoms with van der Waals surface area (Å²) in [6, 6.07) is 20.7. The number of nitrogens with zero attached hydrogens (tertiary/aromatic N) is 4. The van der Waals surface area contributed by atoms with Gasteiger partial charge in [-0.1, -0.05) is 48.0 Å². The molecule has 4 rings (SSSR count). The van der Waals surface area contributed by atoms with Crippen LogP contribution in [0.1, 0.15) is 18.4 Å². The first-order valence-electron chi connectivity index (χ1n) is 11.5. The second-order valence-electron chi connectivity index (χ2n) is 7.95. The molecule has 8 nitrogen and oxygen atoms in total. The average Bonchev–Trinajstić information content (AvgIpc) is 2.87. The Labute approximate surface area is 209 Å². The minimum atomic E-state index is -0.318. The molecule has 0 aliphatic carbocycles. The molecule has 0 radical (unpaired) electrons. The van der Waals surface area contributed by atoms with E-state index in [1.54, 1.807) is 30.5 Å². The number of carbonyl (C=O) groups excluding carboxylic acids is 1. The minimum absolute atomic E-state index is 0.0766. The van der Waals surface area contributed by atoms with E-state index in [0.29, 0.717) is 40.9 Å². The molecule has 9 heteroatoms. The number of aliphatic hydroxyl groups is 1. The number of carbonyl (C=O) groups is 1. The van der Waals surface area contributed by atoms with Crippen molar-refractivity contribution in [2.24, 2.45) is 0 Å². The fourth-order valence-corrected chi connectivity index (χ4v) is 3.85. The average molecular weight is 491 g/mol. The number of unbranched alkanes of at least 4 members (excludes halogenated alkanes) is 1. The van der Waals surface area contributed by atoms with Gasteiger partial charge in [-0.3, -0.25) is 5.32 Å². The van der Waals surface area contributed by atoms with E-state index in [1.807, 2.05) is 35.2 Å². The molecule has 35 heavy (non-hydrogen) atoms. The Morgan fingerprint density at radius 1 is 1.00 bits per heavy atom. The minimum Gasteiger partial charge on any atom is -0.395 e. The van der Waals surface area contributed by atoms with Crippen LogP contribution in [0.2, 0.25) is 5.02 Å². The van der Waals surface area contributed by atoms with E-state index in [-0.39, 0.29) is 12.6 Å². The van der Waals surface area contributed by atoms with Gasteiger partial charge in [-0.05, 0) is 55.2 Å². The molecule has 0 atom stereocenters. The maximum atomic E-state index is 12.3. The third-order valence-electron chi connectivity index (χ3n) is 5.38. The number of hydrogen-bond acceptors (Lipinski definition) is 6. The second kappa shape index (κ2) is 12.1. The number of halogens is 1. The van der Waals surface area contributed by atoms with Gasteiger partial charge in [0.2, 0.25) is 0 Å². The maximum Gasteiger partial charge on any atom is 0.320 e. The zero-order valence-corrected chi connectivity index (χ0v) is 19.9. The van der Waals surface area contributed by atoms with E-state index in [1.165, 1.54) is 5.56 Å². The molecule has 0 unspecified atom stereocenters. The summed E-state index contributed by atoms with van der Waals surface area (Å²) in [5, 5.41) is 15.8. The van der Waals surface area contributed by atoms with Crippen LogP contribution in [0.3, 0.4) is 0 Å². The van der Waals surface area contributed by atoms with Crippen molar-refractivity contribution in [2.75, 3.05) is 29.9 Å². The fraction of sp³-hybridized carbons (Fsp3) is 0.231. The topological polar surface area (TPSA) is 103 Å². The summed E-state index contributed by atoms with van der Waals surface area (Å²) in [4.78, 5) is 27.6. The maximum absolute atomic E-state index is 12.3. The van der Waals surface area contributed by atoms with Crippen LogP contribution in [0.4, 0.5) is 22.1 Å². The lowest BCUT2D eigenvalue weighted by Crippen LogP contribution is -2.30. The molecule has 2 aromatic carbocycles. The molecule has 2 heterocycles. The highest BCUT2D eigenvalue weighted by atomic mass is 35.5. The van der Waals surface area contributed by atoms with Gasteiger partial charge in [-0.2, -0.15) is 0 Å². The molecular formula is C26H27ClN6O2. The van der Waals surface area contributed by atoms with Crippen LogP contribution in [-0.4, -0.2) is 45.8 Å². The molecule has 3 N–H and O–H groups in total. The lowest BCUT2D eigenvalue weighted by molar-refractivity contribution is 0.252. The number of urea groups is 1. The molecule has 180 valence electrons. The number of aryl methyl sites for hydroxylation is 1. The molecule has 4 aromatic rings. The summed E-state index contributed by atoms with van der Waals surface area (Å²) in [6.07, 6.45) is 4.48. The molecule has 0 aliphatic heterocycles. The number of aliphatic hydroxyl groups excluding tert-OH is 1. The van der Waals surface area contributed by atoms with Crippen molar-refractivity contribution in [3.8, 4) is 0 Å². The third kappa shape index (κ3) is 6.88. The predicted octanol–water partition coefficient (Wildman–Crippen LogP) is 4.95. The van der Waals surface area contributed by atoms with Gasteiger partial charge >= 0.3 is 6.03 Å². The van der Waals surface area contributed by atoms with Gasteiger partial charge in [-0.25, -0.2) is 19.7 Å². The highest BCUT2D eigenvalue weighted by Gasteiger charge is 2.13. The Morgan fingerprint density at radius 2 is 1.86 bits per heavy atom. The lowest BCUT2D eigenvalue weighted by Gasteiger charge is -2.23. The lowest BCUT2D eigenvalue weighted by atomic mass is 10.1. The third-order valence-corrected chi connectivity index (χ3v) is 5.61. The van der Waals surface area contributed by atoms with E-state index in [0.717, 1.165) is 24.9 Å². The van der Waals surface area contributed by atoms with Crippen molar-refractivity contribution in [3.05, 3.63) is 83.5 Å². The number of benzene rings is 2. The van der Waals surface area contributed by atoms with Gasteiger partial charge in [0.1, 0.15) is 11.3 Å². The molecule has 2 amide bonds. The first kappa shape index (κ1) is 24.4. The van der Waals surface area contributed by atoms with Crippen molar-refractivity contribution < 1.29 is 9.90 Å². The van der Waals surface area contributed by atoms with Crippen LogP contribution in [-0.2, 0) is 6.42 Å². The van der Waals surface area contributed by atoms with Gasteiger partial charge in [0, 0.05) is 23.8 Å². The highest BCUT2D eigenvalue weighted by Crippen LogP contribution is 2.26. The van der Waals surface area contributed by atoms with Crippen LogP contribution in [0, 0.1) is 0 Å². The monoisotopic (exact) mass is 490 g/mol. The van der Waals surface area contributed by atoms with E-state index in [9.17, 15) is 9.90 Å². The number of aromatic nitrogens is 3. The predicted molar refractivity (Wildman–Crippen MR) is 139 cm³/mol. The first-order chi connectivity index (χ1) is 17.1. The molecule has 0 bridgehead atoms. The van der Waals surface area contributed by atoms with Gasteiger partial charge in [-0.15, -0.1) is 0 Å². The Bertz CT molecular complexity index is 1270. The zero-order valence-electron chi connectivity index (χ0n) is 19.2. The van der Waals surface area contributed by atoms with Crippen molar-refractivity contribution in [3.63, 3.8) is 0 Å². The van der Waals surface area contributed by atoms with Crippen LogP contribution < -0.4 is 15.5 Å². The summed E-state index contributed by atoms with van der Waals surface area (Å²) >= 11 is 6.14. The number of anilines is 3. The molecule has 0 saturated heterocycles. The summed E-state index contributed by atoms with van der Waals surface area (Å²) < 4.78 is 0. The van der Waals surface area contributed by atoms with Crippen molar-refractivity contribution in [1.82, 2.24) is 20.3 Å². The summed E-state index contributed by atoms with van der Waals surface area (Å²) in [5.41, 5.74) is 3.05. The molecule has 0 spiro atoms. The van der Waals surface area contributed by atoms with Gasteiger partial charge in [0.15, 0.2) is 11.5 Å². The number of pyridine rings is 1. The quantitative estimate of drug-likeness (QED) is 0.272. The highest BCUT2D eigenvalue weighted by molar-refractivity contribution is 6.30. The molecule has 2 aromatic heterocycles. The Kier molecular flexibility index (Phi) is 8.43. The van der Waals surface area contributed by atoms with Gasteiger partial charge < -0.3 is 15.3 Å². The van der Waals surface area contributed by atoms with Crippen molar-refractivity contribution in [1.29, 1.82) is 0 Å². The normalized spacial score (nSPS) is 10.8. The summed E-state index contributed by atoms with van der Waals surface area (Å²) in [5.74, 6) is 0.892. The first-order valence-corrected chi connectivity index (χ1v) is 11.9. The summed E-state index contributed by atoms with van der Waals surface area (Å²) in [6.45, 7) is 0.809. The largest absolute Gasteiger partial charge is 0.395 e. The Hall–Kier alpha value is -3.75. The van der Waals surface area contributed by atoms with Gasteiger partial charge in [0.05, 0.1) is 12.8 Å². The standard InChI is InChI=1S/C26H27ClN6O2/c27-20-10-6-11-21(17-20)33(15-16-34)24-18-29-22-12-13-23(30-25(22)32-24)31-26(35)28-14-5-4-9-19-7-2-1-3-8-19/h1-3,6-8,10-13,17-18,34H,4-5,9,14-16H2,(H2,28,30,31,32,35). The SMILES string of the molecule is O=C(NCCCCc1ccccc1)Nc1ccc2ncc(N(CCO)c3cccc(Cl)c3)nc2n1. The van der Waals surface area contributed by atoms with Crippen LogP contribution in [0.15, 0.2) is 72.9 Å². The number of rotatable bonds is 10. The van der Waals surface area contributed by atoms with E-state index in [4.69, 9.17) is 11.6 Å². The number of amides is 2. The van der Waals surface area contributed by atoms with Gasteiger partial charge in [0.25, 0.3) is 0 Å². The number of fused-ring (bicyclic) bond motifs is 1. The van der Waals surface area contributed by atoms with Crippen LogP contribution in [0.25, 0.3) is 11.2 Å². The smallest absolute Gasteiger partial charge is 0.320 e. The molecular weight excluding hydrogens is 464 g/mol. The van der Waals surface area contributed by atoms with E-state index < -0.39 is 0 Å². The molecule has 0 saturated carbocycles. The zero-order chi connectivity index (χ0) is 24.5. The number of nitrogens with one attached hydrogen (secondary N) is 2. The van der Waals surface area contributed by atoms with E-state index in [2.05, 4.69) is 37.7 Å². The van der Waals surface area contributed by atoms with Crippen LogP contribution >= 0.6 is 11.6 Å². The molecule has 0 aliphatic rings. The summed E-state index contributed by atoms with van der Waals surface area (Å²) in [7, 11) is 0. The van der Waals surface area contributed by atoms with E-state index >= 15 is 0 Å². The van der Waals surface area contributed by atoms with Crippen molar-refractivity contribution >= 4 is 46.1 Å². The Balaban J connectivity index is 1.37. The Morgan fingerprint density at radius 3 is 2.66 bits per heavy atom. The second-order valence-corrected chi connectivity index (χ2v) is 8.38. The van der Waals surface area contributed by atoms with Crippen molar-refractivity contribution in [2.45, 2.75) is 19.3 Å². The molecule has 0 fully saturated rings. The fourth-order valence-electron chi connectivity index (χ4n) is 3.67. The number of hydrogen-bond donors (Lipinski definition) is 3.